The molecule has 20 heavy (non-hydrogen) atoms. The van der Waals surface area contributed by atoms with Gasteiger partial charge in [-0.05, 0) is 41.2 Å². The molecule has 0 saturated heterocycles. The number of halogens is 4. The van der Waals surface area contributed by atoms with Gasteiger partial charge in [-0.3, -0.25) is 0 Å². The largest absolute Gasteiger partial charge is 0.455 e. The van der Waals surface area contributed by atoms with Crippen LogP contribution in [0.2, 0.25) is 10.0 Å². The van der Waals surface area contributed by atoms with E-state index < -0.39 is 0 Å². The molecule has 0 radical (unpaired) electrons. The van der Waals surface area contributed by atoms with E-state index in [1.807, 2.05) is 25.2 Å². The maximum absolute atomic E-state index is 6.18. The molecule has 0 amide bonds. The highest BCUT2D eigenvalue weighted by Crippen LogP contribution is 2.38. The lowest BCUT2D eigenvalue weighted by Crippen LogP contribution is -2.06. The summed E-state index contributed by atoms with van der Waals surface area (Å²) in [5, 5.41) is 4.15. The van der Waals surface area contributed by atoms with Crippen LogP contribution in [0, 0.1) is 0 Å². The lowest BCUT2D eigenvalue weighted by molar-refractivity contribution is 0.474. The summed E-state index contributed by atoms with van der Waals surface area (Å²) in [4.78, 5) is 0. The van der Waals surface area contributed by atoms with Gasteiger partial charge in [-0.15, -0.1) is 0 Å². The zero-order chi connectivity index (χ0) is 14.7. The fourth-order valence-electron chi connectivity index (χ4n) is 1.66. The van der Waals surface area contributed by atoms with Crippen molar-refractivity contribution in [2.45, 2.75) is 6.54 Å². The van der Waals surface area contributed by atoms with Crippen LogP contribution in [-0.2, 0) is 6.54 Å². The quantitative estimate of drug-likeness (QED) is 0.587. The molecule has 106 valence electrons. The van der Waals surface area contributed by atoms with Gasteiger partial charge in [0.25, 0.3) is 0 Å². The second-order valence-electron chi connectivity index (χ2n) is 4.08. The maximum Gasteiger partial charge on any atom is 0.147 e. The minimum absolute atomic E-state index is 0.497. The summed E-state index contributed by atoms with van der Waals surface area (Å²) in [5.41, 5.74) is 1.03. The molecule has 0 aliphatic rings. The molecule has 2 aromatic carbocycles. The van der Waals surface area contributed by atoms with Crippen LogP contribution < -0.4 is 10.1 Å². The van der Waals surface area contributed by atoms with Crippen molar-refractivity contribution in [3.8, 4) is 11.5 Å². The summed E-state index contributed by atoms with van der Waals surface area (Å²) in [7, 11) is 1.88. The van der Waals surface area contributed by atoms with Gasteiger partial charge in [-0.2, -0.15) is 0 Å². The molecule has 0 unspecified atom stereocenters. The molecule has 0 aliphatic carbocycles. The van der Waals surface area contributed by atoms with Crippen LogP contribution in [-0.4, -0.2) is 7.05 Å². The van der Waals surface area contributed by atoms with Gasteiger partial charge in [-0.1, -0.05) is 45.2 Å². The first-order valence-corrected chi connectivity index (χ1v) is 8.11. The Kier molecular flexibility index (Phi) is 5.75. The van der Waals surface area contributed by atoms with Crippen LogP contribution in [0.4, 0.5) is 0 Å². The summed E-state index contributed by atoms with van der Waals surface area (Å²) < 4.78 is 7.58. The van der Waals surface area contributed by atoms with Crippen LogP contribution in [0.25, 0.3) is 0 Å². The molecule has 0 spiro atoms. The second-order valence-corrected chi connectivity index (χ2v) is 6.67. The molecule has 0 saturated carbocycles. The molecular formula is C14H11Br2Cl2NO. The third kappa shape index (κ3) is 3.89. The van der Waals surface area contributed by atoms with Crippen LogP contribution in [0.5, 0.6) is 11.5 Å². The maximum atomic E-state index is 6.18. The first-order chi connectivity index (χ1) is 9.51. The Morgan fingerprint density at radius 3 is 2.50 bits per heavy atom. The third-order valence-electron chi connectivity index (χ3n) is 2.59. The topological polar surface area (TPSA) is 21.3 Å². The number of hydrogen-bond donors (Lipinski definition) is 1. The van der Waals surface area contributed by atoms with Gasteiger partial charge in [0.2, 0.25) is 0 Å². The molecule has 1 N–H and O–H groups in total. The van der Waals surface area contributed by atoms with E-state index in [1.54, 1.807) is 12.1 Å². The van der Waals surface area contributed by atoms with Crippen molar-refractivity contribution in [2.24, 2.45) is 0 Å². The molecule has 0 aliphatic heterocycles. The molecule has 0 bridgehead atoms. The lowest BCUT2D eigenvalue weighted by Gasteiger charge is -2.13. The number of rotatable bonds is 4. The summed E-state index contributed by atoms with van der Waals surface area (Å²) in [6, 6.07) is 9.27. The molecule has 0 heterocycles. The van der Waals surface area contributed by atoms with E-state index in [1.165, 1.54) is 0 Å². The van der Waals surface area contributed by atoms with E-state index in [2.05, 4.69) is 37.2 Å². The number of ether oxygens (including phenoxy) is 1. The highest BCUT2D eigenvalue weighted by atomic mass is 79.9. The first kappa shape index (κ1) is 16.1. The van der Waals surface area contributed by atoms with Crippen LogP contribution in [0.3, 0.4) is 0 Å². The van der Waals surface area contributed by atoms with Gasteiger partial charge in [0, 0.05) is 27.1 Å². The smallest absolute Gasteiger partial charge is 0.147 e. The Morgan fingerprint density at radius 1 is 1.05 bits per heavy atom. The number of benzene rings is 2. The lowest BCUT2D eigenvalue weighted by atomic mass is 10.2. The van der Waals surface area contributed by atoms with Gasteiger partial charge in [0.1, 0.15) is 11.5 Å². The Bertz CT molecular complexity index is 635. The minimum atomic E-state index is 0.497. The highest BCUT2D eigenvalue weighted by Gasteiger charge is 2.11. The van der Waals surface area contributed by atoms with Gasteiger partial charge < -0.3 is 10.1 Å². The normalized spacial score (nSPS) is 10.7. The molecule has 6 heteroatoms. The number of nitrogens with one attached hydrogen (secondary N) is 1. The zero-order valence-electron chi connectivity index (χ0n) is 10.5. The summed E-state index contributed by atoms with van der Waals surface area (Å²) in [6.07, 6.45) is 0. The van der Waals surface area contributed by atoms with Crippen molar-refractivity contribution < 1.29 is 4.74 Å². The van der Waals surface area contributed by atoms with Gasteiger partial charge in [0.05, 0.1) is 10.0 Å². The minimum Gasteiger partial charge on any atom is -0.455 e. The first-order valence-electron chi connectivity index (χ1n) is 5.76. The molecule has 0 fully saturated rings. The monoisotopic (exact) mass is 437 g/mol. The fraction of sp³-hybridized carbons (Fsp3) is 0.143. The van der Waals surface area contributed by atoms with Gasteiger partial charge in [0.15, 0.2) is 0 Å². The Balaban J connectivity index is 2.38. The predicted molar refractivity (Wildman–Crippen MR) is 91.1 cm³/mol. The van der Waals surface area contributed by atoms with E-state index in [9.17, 15) is 0 Å². The predicted octanol–water partition coefficient (Wildman–Crippen LogP) is 6.03. The third-order valence-corrected chi connectivity index (χ3v) is 4.58. The average molecular weight is 440 g/mol. The Hall–Kier alpha value is -0.260. The molecule has 0 aromatic heterocycles. The Morgan fingerprint density at radius 2 is 1.80 bits per heavy atom. The highest BCUT2D eigenvalue weighted by molar-refractivity contribution is 9.10. The average Bonchev–Trinajstić information content (AvgIpc) is 2.39. The van der Waals surface area contributed by atoms with Crippen molar-refractivity contribution >= 4 is 55.1 Å². The SMILES string of the molecule is CNCc1ccc(Br)cc1Oc1cc(Cl)c(Br)cc1Cl. The van der Waals surface area contributed by atoms with Crippen molar-refractivity contribution in [3.05, 3.63) is 54.9 Å². The molecular weight excluding hydrogens is 429 g/mol. The van der Waals surface area contributed by atoms with E-state index in [4.69, 9.17) is 27.9 Å². The van der Waals surface area contributed by atoms with E-state index in [0.29, 0.717) is 22.3 Å². The fourth-order valence-corrected chi connectivity index (χ4v) is 2.83. The number of hydrogen-bond acceptors (Lipinski definition) is 2. The van der Waals surface area contributed by atoms with Gasteiger partial charge in [-0.25, -0.2) is 0 Å². The van der Waals surface area contributed by atoms with Crippen molar-refractivity contribution in [3.63, 3.8) is 0 Å². The molecule has 2 aromatic rings. The van der Waals surface area contributed by atoms with Crippen molar-refractivity contribution in [1.29, 1.82) is 0 Å². The summed E-state index contributed by atoms with van der Waals surface area (Å²) in [6.45, 7) is 0.699. The standard InChI is InChI=1S/C14H11Br2Cl2NO/c1-19-7-8-2-3-9(15)4-13(8)20-14-6-11(17)10(16)5-12(14)18/h2-6,19H,7H2,1H3. The van der Waals surface area contributed by atoms with Crippen molar-refractivity contribution in [2.75, 3.05) is 7.05 Å². The summed E-state index contributed by atoms with van der Waals surface area (Å²) in [5.74, 6) is 1.25. The van der Waals surface area contributed by atoms with E-state index in [-0.39, 0.29) is 0 Å². The second kappa shape index (κ2) is 7.14. The van der Waals surface area contributed by atoms with E-state index >= 15 is 0 Å². The summed E-state index contributed by atoms with van der Waals surface area (Å²) >= 11 is 19.0. The molecule has 0 atom stereocenters. The molecule has 2 rings (SSSR count). The zero-order valence-corrected chi connectivity index (χ0v) is 15.2. The van der Waals surface area contributed by atoms with Crippen LogP contribution >= 0.6 is 55.1 Å². The van der Waals surface area contributed by atoms with Crippen molar-refractivity contribution in [1.82, 2.24) is 5.32 Å². The van der Waals surface area contributed by atoms with Crippen LogP contribution in [0.1, 0.15) is 5.56 Å². The molecule has 2 nitrogen and oxygen atoms in total. The van der Waals surface area contributed by atoms with E-state index in [0.717, 1.165) is 20.3 Å². The van der Waals surface area contributed by atoms with Gasteiger partial charge >= 0.3 is 0 Å². The Labute approximate surface area is 144 Å². The van der Waals surface area contributed by atoms with Crippen LogP contribution in [0.15, 0.2) is 39.3 Å².